The quantitative estimate of drug-likeness (QED) is 0.705. The van der Waals surface area contributed by atoms with E-state index in [-0.39, 0.29) is 6.10 Å². The lowest BCUT2D eigenvalue weighted by atomic mass is 10.0. The zero-order valence-corrected chi connectivity index (χ0v) is 14.6. The monoisotopic (exact) mass is 361 g/mol. The Morgan fingerprint density at radius 3 is 2.45 bits per heavy atom. The van der Waals surface area contributed by atoms with Gasteiger partial charge in [-0.15, -0.1) is 0 Å². The summed E-state index contributed by atoms with van der Waals surface area (Å²) in [5.74, 6) is 1.57. The van der Waals surface area contributed by atoms with Crippen molar-refractivity contribution in [3.8, 4) is 11.5 Å². The molecule has 0 aliphatic carbocycles. The van der Waals surface area contributed by atoms with Gasteiger partial charge in [0, 0.05) is 17.1 Å². The molecule has 0 aliphatic rings. The number of hydrogen-bond donors (Lipinski definition) is 1. The van der Waals surface area contributed by atoms with Crippen molar-refractivity contribution < 1.29 is 9.47 Å². The first-order valence-electron chi connectivity index (χ1n) is 7.21. The number of nitrogens with one attached hydrogen (secondary N) is 1. The molecule has 2 aromatic carbocycles. The maximum absolute atomic E-state index is 8.17. The largest absolute Gasteiger partial charge is 0.457 e. The Hall–Kier alpha value is -1.65. The van der Waals surface area contributed by atoms with Crippen LogP contribution in [0.15, 0.2) is 46.9 Å². The fourth-order valence-corrected chi connectivity index (χ4v) is 2.55. The van der Waals surface area contributed by atoms with E-state index in [2.05, 4.69) is 15.9 Å². The number of hydrogen-bond acceptors (Lipinski definition) is 3. The minimum atomic E-state index is -0.168. The third-order valence-electron chi connectivity index (χ3n) is 3.59. The summed E-state index contributed by atoms with van der Waals surface area (Å²) in [4.78, 5) is 0. The van der Waals surface area contributed by atoms with Crippen LogP contribution in [-0.2, 0) is 4.74 Å². The van der Waals surface area contributed by atoms with Gasteiger partial charge in [0.2, 0.25) is 0 Å². The first kappa shape index (κ1) is 16.7. The molecule has 3 nitrogen and oxygen atoms in total. The molecule has 1 N–H and O–H groups in total. The van der Waals surface area contributed by atoms with Crippen molar-refractivity contribution in [2.75, 3.05) is 7.11 Å². The van der Waals surface area contributed by atoms with E-state index in [0.29, 0.717) is 5.71 Å². The minimum absolute atomic E-state index is 0.168. The first-order chi connectivity index (χ1) is 10.6. The van der Waals surface area contributed by atoms with Crippen LogP contribution in [0.4, 0.5) is 0 Å². The molecule has 2 aromatic rings. The van der Waals surface area contributed by atoms with Crippen molar-refractivity contribution in [1.82, 2.24) is 0 Å². The van der Waals surface area contributed by atoms with Gasteiger partial charge in [-0.05, 0) is 55.3 Å². The molecule has 0 amide bonds. The molecule has 22 heavy (non-hydrogen) atoms. The topological polar surface area (TPSA) is 42.3 Å². The molecular formula is C18H20BrNO2. The van der Waals surface area contributed by atoms with E-state index >= 15 is 0 Å². The zero-order valence-electron chi connectivity index (χ0n) is 13.0. The van der Waals surface area contributed by atoms with Gasteiger partial charge in [-0.25, -0.2) is 0 Å². The maximum atomic E-state index is 8.17. The van der Waals surface area contributed by atoms with Crippen LogP contribution in [0, 0.1) is 12.3 Å². The van der Waals surface area contributed by atoms with E-state index in [4.69, 9.17) is 14.9 Å². The van der Waals surface area contributed by atoms with E-state index in [1.165, 1.54) is 0 Å². The Morgan fingerprint density at radius 1 is 1.18 bits per heavy atom. The fourth-order valence-electron chi connectivity index (χ4n) is 2.20. The highest BCUT2D eigenvalue weighted by Gasteiger charge is 2.13. The Balaban J connectivity index is 2.15. The number of methoxy groups -OCH3 is 1. The Labute approximate surface area is 139 Å². The van der Waals surface area contributed by atoms with E-state index in [0.717, 1.165) is 33.5 Å². The second-order valence-electron chi connectivity index (χ2n) is 5.04. The molecule has 0 saturated carbocycles. The predicted octanol–water partition coefficient (Wildman–Crippen LogP) is 5.34. The first-order valence-corrected chi connectivity index (χ1v) is 8.00. The molecule has 116 valence electrons. The summed E-state index contributed by atoms with van der Waals surface area (Å²) >= 11 is 3.50. The molecule has 0 saturated heterocycles. The maximum Gasteiger partial charge on any atom is 0.131 e. The van der Waals surface area contributed by atoms with Crippen molar-refractivity contribution >= 4 is 21.6 Å². The summed E-state index contributed by atoms with van der Waals surface area (Å²) in [6, 6.07) is 13.4. The van der Waals surface area contributed by atoms with E-state index < -0.39 is 0 Å². The Bertz CT molecular complexity index is 649. The molecule has 2 rings (SSSR count). The number of benzene rings is 2. The van der Waals surface area contributed by atoms with E-state index in [1.54, 1.807) is 7.11 Å². The lowest BCUT2D eigenvalue weighted by Crippen LogP contribution is -2.21. The molecule has 0 aromatic heterocycles. The van der Waals surface area contributed by atoms with Gasteiger partial charge in [-0.2, -0.15) is 0 Å². The highest BCUT2D eigenvalue weighted by Crippen LogP contribution is 2.30. The normalized spacial score (nSPS) is 12.0. The molecule has 0 unspecified atom stereocenters. The summed E-state index contributed by atoms with van der Waals surface area (Å²) in [5.41, 5.74) is 2.41. The Kier molecular flexibility index (Phi) is 5.75. The average molecular weight is 362 g/mol. The van der Waals surface area contributed by atoms with E-state index in [1.807, 2.05) is 56.3 Å². The smallest absolute Gasteiger partial charge is 0.131 e. The van der Waals surface area contributed by atoms with Crippen molar-refractivity contribution in [3.05, 3.63) is 58.1 Å². The highest BCUT2D eigenvalue weighted by atomic mass is 79.9. The van der Waals surface area contributed by atoms with Gasteiger partial charge in [0.1, 0.15) is 11.5 Å². The second kappa shape index (κ2) is 7.56. The van der Waals surface area contributed by atoms with Crippen molar-refractivity contribution in [3.63, 3.8) is 0 Å². The van der Waals surface area contributed by atoms with Gasteiger partial charge in [0.05, 0.1) is 11.8 Å². The molecule has 0 radical (unpaired) electrons. The van der Waals surface area contributed by atoms with Gasteiger partial charge in [-0.1, -0.05) is 28.9 Å². The van der Waals surface area contributed by atoms with Crippen LogP contribution >= 0.6 is 15.9 Å². The van der Waals surface area contributed by atoms with Crippen LogP contribution in [0.3, 0.4) is 0 Å². The SMILES string of the molecule is CC[C@H](OC)C(=N)c1ccc(Oc2cccc(Br)c2C)cc1. The number of ether oxygens (including phenoxy) is 2. The highest BCUT2D eigenvalue weighted by molar-refractivity contribution is 9.10. The van der Waals surface area contributed by atoms with Crippen LogP contribution in [0.2, 0.25) is 0 Å². The summed E-state index contributed by atoms with van der Waals surface area (Å²) in [6.45, 7) is 4.02. The number of rotatable bonds is 6. The predicted molar refractivity (Wildman–Crippen MR) is 93.3 cm³/mol. The summed E-state index contributed by atoms with van der Waals surface area (Å²) in [6.07, 6.45) is 0.615. The average Bonchev–Trinajstić information content (AvgIpc) is 2.53. The molecule has 0 fully saturated rings. The lowest BCUT2D eigenvalue weighted by molar-refractivity contribution is 0.152. The van der Waals surface area contributed by atoms with Crippen LogP contribution in [0.1, 0.15) is 24.5 Å². The van der Waals surface area contributed by atoms with Gasteiger partial charge in [-0.3, -0.25) is 0 Å². The third kappa shape index (κ3) is 3.76. The van der Waals surface area contributed by atoms with Crippen molar-refractivity contribution in [2.24, 2.45) is 0 Å². The Morgan fingerprint density at radius 2 is 1.86 bits per heavy atom. The fraction of sp³-hybridized carbons (Fsp3) is 0.278. The lowest BCUT2D eigenvalue weighted by Gasteiger charge is -2.15. The zero-order chi connectivity index (χ0) is 16.1. The molecular weight excluding hydrogens is 342 g/mol. The molecule has 0 bridgehead atoms. The van der Waals surface area contributed by atoms with Crippen LogP contribution in [0.25, 0.3) is 0 Å². The molecule has 0 aliphatic heterocycles. The molecule has 1 atom stereocenters. The second-order valence-corrected chi connectivity index (χ2v) is 5.89. The van der Waals surface area contributed by atoms with Gasteiger partial charge in [0.25, 0.3) is 0 Å². The van der Waals surface area contributed by atoms with Gasteiger partial charge in [0.15, 0.2) is 0 Å². The summed E-state index contributed by atoms with van der Waals surface area (Å²) < 4.78 is 12.2. The summed E-state index contributed by atoms with van der Waals surface area (Å²) in [5, 5.41) is 8.17. The standard InChI is InChI=1S/C18H20BrNO2/c1-4-16(21-3)18(20)13-8-10-14(11-9-13)22-17-7-5-6-15(19)12(17)2/h5-11,16,20H,4H2,1-3H3/t16-/m0/s1. The van der Waals surface area contributed by atoms with Gasteiger partial charge < -0.3 is 14.9 Å². The van der Waals surface area contributed by atoms with Crippen molar-refractivity contribution in [2.45, 2.75) is 26.4 Å². The van der Waals surface area contributed by atoms with Crippen LogP contribution in [0.5, 0.6) is 11.5 Å². The third-order valence-corrected chi connectivity index (χ3v) is 4.45. The van der Waals surface area contributed by atoms with Crippen molar-refractivity contribution in [1.29, 1.82) is 5.41 Å². The van der Waals surface area contributed by atoms with Crippen LogP contribution in [-0.4, -0.2) is 18.9 Å². The molecule has 4 heteroatoms. The molecule has 0 heterocycles. The number of halogens is 1. The van der Waals surface area contributed by atoms with Gasteiger partial charge >= 0.3 is 0 Å². The van der Waals surface area contributed by atoms with Crippen LogP contribution < -0.4 is 4.74 Å². The van der Waals surface area contributed by atoms with E-state index in [9.17, 15) is 0 Å². The molecule has 0 spiro atoms. The minimum Gasteiger partial charge on any atom is -0.457 e. The summed E-state index contributed by atoms with van der Waals surface area (Å²) in [7, 11) is 1.64.